The molecule has 0 saturated carbocycles. The minimum Gasteiger partial charge on any atom is -0.495 e. The summed E-state index contributed by atoms with van der Waals surface area (Å²) in [4.78, 5) is 11.7. The summed E-state index contributed by atoms with van der Waals surface area (Å²) in [5, 5.41) is 1.39. The van der Waals surface area contributed by atoms with E-state index >= 15 is 0 Å². The van der Waals surface area contributed by atoms with E-state index in [1.807, 2.05) is 48.7 Å². The Bertz CT molecular complexity index is 960. The van der Waals surface area contributed by atoms with Gasteiger partial charge in [0.2, 0.25) is 0 Å². The van der Waals surface area contributed by atoms with Crippen molar-refractivity contribution in [2.75, 3.05) is 13.7 Å². The lowest BCUT2D eigenvalue weighted by Gasteiger charge is -2.28. The van der Waals surface area contributed by atoms with Crippen LogP contribution in [-0.2, 0) is 19.5 Å². The van der Waals surface area contributed by atoms with Crippen LogP contribution >= 0.6 is 23.2 Å². The molecule has 0 bridgehead atoms. The zero-order valence-corrected chi connectivity index (χ0v) is 16.5. The quantitative estimate of drug-likeness (QED) is 0.617. The molecule has 0 N–H and O–H groups in total. The molecule has 0 radical (unpaired) electrons. The molecule has 0 fully saturated rings. The van der Waals surface area contributed by atoms with Crippen molar-refractivity contribution in [2.45, 2.75) is 19.5 Å². The van der Waals surface area contributed by atoms with Gasteiger partial charge in [0, 0.05) is 48.4 Å². The highest BCUT2D eigenvalue weighted by Crippen LogP contribution is 2.30. The van der Waals surface area contributed by atoms with Gasteiger partial charge >= 0.3 is 0 Å². The molecule has 0 unspecified atom stereocenters. The lowest BCUT2D eigenvalue weighted by molar-refractivity contribution is 0.242. The maximum Gasteiger partial charge on any atom is 0.159 e. The summed E-state index contributed by atoms with van der Waals surface area (Å²) in [5.41, 5.74) is 4.33. The van der Waals surface area contributed by atoms with Crippen molar-refractivity contribution in [1.82, 2.24) is 14.9 Å². The maximum atomic E-state index is 6.44. The molecule has 1 aromatic heterocycles. The average Bonchev–Trinajstić information content (AvgIpc) is 2.70. The van der Waals surface area contributed by atoms with Crippen LogP contribution in [0, 0.1) is 0 Å². The monoisotopic (exact) mass is 399 g/mol. The summed E-state index contributed by atoms with van der Waals surface area (Å²) in [5.74, 6) is 1.46. The molecule has 1 aliphatic heterocycles. The smallest absolute Gasteiger partial charge is 0.159 e. The van der Waals surface area contributed by atoms with E-state index < -0.39 is 0 Å². The number of ether oxygens (including phenoxy) is 1. The number of rotatable bonds is 4. The van der Waals surface area contributed by atoms with Crippen molar-refractivity contribution < 1.29 is 4.74 Å². The van der Waals surface area contributed by atoms with Gasteiger partial charge in [0.15, 0.2) is 5.82 Å². The molecule has 1 aliphatic rings. The molecule has 0 amide bonds. The second kappa shape index (κ2) is 7.85. The predicted octanol–water partition coefficient (Wildman–Crippen LogP) is 5.02. The van der Waals surface area contributed by atoms with Gasteiger partial charge in [-0.05, 0) is 35.9 Å². The Hall–Kier alpha value is -2.14. The van der Waals surface area contributed by atoms with E-state index in [1.54, 1.807) is 7.11 Å². The number of nitrogens with zero attached hydrogens (tertiary/aromatic N) is 3. The summed E-state index contributed by atoms with van der Waals surface area (Å²) in [7, 11) is 1.64. The number of fused-ring (bicyclic) bond motifs is 1. The van der Waals surface area contributed by atoms with Gasteiger partial charge in [-0.2, -0.15) is 0 Å². The Morgan fingerprint density at radius 1 is 1.11 bits per heavy atom. The van der Waals surface area contributed by atoms with E-state index in [1.165, 1.54) is 0 Å². The number of halogens is 2. The van der Waals surface area contributed by atoms with Crippen LogP contribution < -0.4 is 4.74 Å². The Morgan fingerprint density at radius 2 is 1.93 bits per heavy atom. The van der Waals surface area contributed by atoms with Gasteiger partial charge in [-0.3, -0.25) is 4.90 Å². The number of hydrogen-bond donors (Lipinski definition) is 0. The molecule has 0 aliphatic carbocycles. The molecule has 4 nitrogen and oxygen atoms in total. The van der Waals surface area contributed by atoms with Gasteiger partial charge in [0.1, 0.15) is 5.75 Å². The number of aromatic nitrogens is 2. The van der Waals surface area contributed by atoms with Crippen molar-refractivity contribution >= 4 is 23.2 Å². The largest absolute Gasteiger partial charge is 0.495 e. The van der Waals surface area contributed by atoms with E-state index in [2.05, 4.69) is 9.88 Å². The molecular formula is C21H19Cl2N3O. The SMILES string of the molecule is COc1cccc(CN2CCc3nc(-c4ccc(Cl)cc4)ncc3C2)c1Cl. The second-order valence-electron chi connectivity index (χ2n) is 6.57. The lowest BCUT2D eigenvalue weighted by Crippen LogP contribution is -2.31. The van der Waals surface area contributed by atoms with Crippen LogP contribution in [0.25, 0.3) is 11.4 Å². The van der Waals surface area contributed by atoms with Crippen LogP contribution in [0.2, 0.25) is 10.0 Å². The van der Waals surface area contributed by atoms with Crippen molar-refractivity contribution in [3.05, 3.63) is 75.5 Å². The Kier molecular flexibility index (Phi) is 5.30. The zero-order valence-electron chi connectivity index (χ0n) is 15.0. The highest BCUT2D eigenvalue weighted by molar-refractivity contribution is 6.32. The Balaban J connectivity index is 1.51. The second-order valence-corrected chi connectivity index (χ2v) is 7.38. The molecule has 2 heterocycles. The molecule has 0 spiro atoms. The van der Waals surface area contributed by atoms with E-state index in [-0.39, 0.29) is 0 Å². The van der Waals surface area contributed by atoms with Crippen molar-refractivity contribution in [2.24, 2.45) is 0 Å². The third-order valence-electron chi connectivity index (χ3n) is 4.77. The van der Waals surface area contributed by atoms with Gasteiger partial charge in [-0.25, -0.2) is 9.97 Å². The van der Waals surface area contributed by atoms with Crippen LogP contribution in [0.3, 0.4) is 0 Å². The molecule has 2 aromatic carbocycles. The van der Waals surface area contributed by atoms with Gasteiger partial charge in [0.25, 0.3) is 0 Å². The predicted molar refractivity (Wildman–Crippen MR) is 108 cm³/mol. The Morgan fingerprint density at radius 3 is 2.70 bits per heavy atom. The maximum absolute atomic E-state index is 6.44. The van der Waals surface area contributed by atoms with Crippen LogP contribution in [-0.4, -0.2) is 28.5 Å². The number of hydrogen-bond acceptors (Lipinski definition) is 4. The molecule has 3 aromatic rings. The van der Waals surface area contributed by atoms with Gasteiger partial charge < -0.3 is 4.74 Å². The molecule has 4 rings (SSSR count). The minimum absolute atomic E-state index is 0.681. The molecule has 138 valence electrons. The molecular weight excluding hydrogens is 381 g/mol. The highest BCUT2D eigenvalue weighted by atomic mass is 35.5. The lowest BCUT2D eigenvalue weighted by atomic mass is 10.1. The van der Waals surface area contributed by atoms with Crippen molar-refractivity contribution in [3.8, 4) is 17.1 Å². The van der Waals surface area contributed by atoms with Crippen LogP contribution in [0.4, 0.5) is 0 Å². The fourth-order valence-corrected chi connectivity index (χ4v) is 3.71. The molecule has 0 atom stereocenters. The zero-order chi connectivity index (χ0) is 18.8. The summed E-state index contributed by atoms with van der Waals surface area (Å²) < 4.78 is 5.31. The molecule has 27 heavy (non-hydrogen) atoms. The minimum atomic E-state index is 0.681. The first-order valence-electron chi connectivity index (χ1n) is 8.78. The van der Waals surface area contributed by atoms with E-state index in [0.29, 0.717) is 15.8 Å². The van der Waals surface area contributed by atoms with Crippen LogP contribution in [0.15, 0.2) is 48.7 Å². The molecule has 6 heteroatoms. The first kappa shape index (κ1) is 18.2. The standard InChI is InChI=1S/C21H19Cl2N3O/c1-27-19-4-2-3-15(20(19)23)12-26-10-9-18-16(13-26)11-24-21(25-18)14-5-7-17(22)8-6-14/h2-8,11H,9-10,12-13H2,1H3. The number of benzene rings is 2. The van der Waals surface area contributed by atoms with Gasteiger partial charge in [-0.1, -0.05) is 35.3 Å². The van der Waals surface area contributed by atoms with Gasteiger partial charge in [0.05, 0.1) is 17.8 Å². The Labute approximate surface area is 168 Å². The van der Waals surface area contributed by atoms with Gasteiger partial charge in [-0.15, -0.1) is 0 Å². The van der Waals surface area contributed by atoms with Crippen molar-refractivity contribution in [3.63, 3.8) is 0 Å². The third kappa shape index (κ3) is 3.93. The third-order valence-corrected chi connectivity index (χ3v) is 5.45. The summed E-state index contributed by atoms with van der Waals surface area (Å²) in [6.45, 7) is 2.51. The summed E-state index contributed by atoms with van der Waals surface area (Å²) in [6, 6.07) is 13.5. The van der Waals surface area contributed by atoms with Crippen LogP contribution in [0.5, 0.6) is 5.75 Å². The topological polar surface area (TPSA) is 38.2 Å². The highest BCUT2D eigenvalue weighted by Gasteiger charge is 2.20. The normalized spacial score (nSPS) is 14.0. The first-order valence-corrected chi connectivity index (χ1v) is 9.54. The van der Waals surface area contributed by atoms with E-state index in [4.69, 9.17) is 32.9 Å². The van der Waals surface area contributed by atoms with E-state index in [0.717, 1.165) is 54.3 Å². The number of methoxy groups -OCH3 is 1. The fourth-order valence-electron chi connectivity index (χ4n) is 3.32. The van der Waals surface area contributed by atoms with Crippen LogP contribution in [0.1, 0.15) is 16.8 Å². The van der Waals surface area contributed by atoms with E-state index in [9.17, 15) is 0 Å². The summed E-state index contributed by atoms with van der Waals surface area (Å²) in [6.07, 6.45) is 2.83. The fraction of sp³-hybridized carbons (Fsp3) is 0.238. The first-order chi connectivity index (χ1) is 13.1. The summed E-state index contributed by atoms with van der Waals surface area (Å²) >= 11 is 12.4. The molecule has 0 saturated heterocycles. The average molecular weight is 400 g/mol. The van der Waals surface area contributed by atoms with Crippen molar-refractivity contribution in [1.29, 1.82) is 0 Å².